The number of fused-ring (bicyclic) bond motifs is 1. The van der Waals surface area contributed by atoms with Crippen LogP contribution in [0.1, 0.15) is 31.8 Å². The number of piperazine rings is 1. The van der Waals surface area contributed by atoms with E-state index in [0.717, 1.165) is 44.2 Å². The lowest BCUT2D eigenvalue weighted by atomic mass is 10.1. The molecular formula is C25H23N5O3. The van der Waals surface area contributed by atoms with E-state index in [1.165, 1.54) is 5.56 Å². The molecule has 0 radical (unpaired) electrons. The van der Waals surface area contributed by atoms with E-state index < -0.39 is 5.91 Å². The third-order valence-electron chi connectivity index (χ3n) is 5.85. The molecule has 2 N–H and O–H groups in total. The van der Waals surface area contributed by atoms with Gasteiger partial charge in [-0.05, 0) is 35.4 Å². The van der Waals surface area contributed by atoms with E-state index >= 15 is 0 Å². The van der Waals surface area contributed by atoms with Gasteiger partial charge in [-0.1, -0.05) is 30.3 Å². The van der Waals surface area contributed by atoms with Gasteiger partial charge in [-0.2, -0.15) is 0 Å². The topological polar surface area (TPSA) is 102 Å². The number of aromatic nitrogens is 2. The van der Waals surface area contributed by atoms with E-state index in [1.807, 2.05) is 18.2 Å². The Morgan fingerprint density at radius 1 is 1.00 bits per heavy atom. The molecule has 0 aliphatic carbocycles. The van der Waals surface area contributed by atoms with E-state index in [1.54, 1.807) is 36.7 Å². The molecular weight excluding hydrogens is 418 g/mol. The summed E-state index contributed by atoms with van der Waals surface area (Å²) < 4.78 is 5.70. The molecule has 33 heavy (non-hydrogen) atoms. The first-order chi connectivity index (χ1) is 16.1. The number of nitrogens with zero attached hydrogens (tertiary/aromatic N) is 4. The molecule has 0 unspecified atom stereocenters. The molecule has 2 aliphatic rings. The minimum absolute atomic E-state index is 0.186. The molecule has 5 rings (SSSR count). The lowest BCUT2D eigenvalue weighted by Gasteiger charge is -2.34. The van der Waals surface area contributed by atoms with Crippen molar-refractivity contribution < 1.29 is 14.3 Å². The molecule has 3 heterocycles. The van der Waals surface area contributed by atoms with Crippen LogP contribution in [-0.2, 0) is 6.54 Å². The van der Waals surface area contributed by atoms with E-state index in [2.05, 4.69) is 31.9 Å². The fourth-order valence-corrected chi connectivity index (χ4v) is 4.09. The first kappa shape index (κ1) is 20.8. The van der Waals surface area contributed by atoms with Crippen molar-refractivity contribution in [3.05, 3.63) is 88.9 Å². The summed E-state index contributed by atoms with van der Waals surface area (Å²) in [6.45, 7) is 4.51. The molecule has 8 nitrogen and oxygen atoms in total. The molecule has 0 atom stereocenters. The molecule has 1 aromatic heterocycles. The van der Waals surface area contributed by atoms with E-state index in [-0.39, 0.29) is 22.9 Å². The number of nitrogens with two attached hydrogens (primary N) is 1. The number of rotatable bonds is 5. The summed E-state index contributed by atoms with van der Waals surface area (Å²) in [7, 11) is 0. The van der Waals surface area contributed by atoms with Gasteiger partial charge in [-0.15, -0.1) is 0 Å². The number of benzene rings is 2. The van der Waals surface area contributed by atoms with Crippen molar-refractivity contribution in [3.63, 3.8) is 0 Å². The molecule has 1 fully saturated rings. The minimum Gasteiger partial charge on any atom is -0.452 e. The number of Topliss-reactive ketones (excluding diaryl/α,β-unsaturated/α-hetero) is 1. The standard InChI is InChI=1S/C25H23N5O3/c26-24(32)20-4-1-3-19-22(31)21(33-23(19)20)15-17-5-7-18(8-6-17)16-29-11-13-30(14-12-29)25-27-9-2-10-28-25/h1-10,15H,11-14,16H2,(H2,26,32)/b21-15-. The number of carbonyl (C=O) groups is 2. The Morgan fingerprint density at radius 3 is 2.42 bits per heavy atom. The van der Waals surface area contributed by atoms with Gasteiger partial charge in [0, 0.05) is 45.1 Å². The van der Waals surface area contributed by atoms with Crippen LogP contribution in [-0.4, -0.2) is 52.7 Å². The number of ether oxygens (including phenoxy) is 1. The second-order valence-corrected chi connectivity index (χ2v) is 8.04. The zero-order chi connectivity index (χ0) is 22.8. The van der Waals surface area contributed by atoms with Crippen LogP contribution in [0.4, 0.5) is 5.95 Å². The lowest BCUT2D eigenvalue weighted by molar-refractivity contribution is 0.0991. The third-order valence-corrected chi connectivity index (χ3v) is 5.85. The van der Waals surface area contributed by atoms with Crippen molar-refractivity contribution >= 4 is 23.7 Å². The summed E-state index contributed by atoms with van der Waals surface area (Å²) in [6.07, 6.45) is 5.23. The van der Waals surface area contributed by atoms with Gasteiger partial charge in [-0.25, -0.2) is 9.97 Å². The van der Waals surface area contributed by atoms with Crippen molar-refractivity contribution in [3.8, 4) is 5.75 Å². The fourth-order valence-electron chi connectivity index (χ4n) is 4.09. The highest BCUT2D eigenvalue weighted by Crippen LogP contribution is 2.35. The van der Waals surface area contributed by atoms with Crippen molar-refractivity contribution in [2.75, 3.05) is 31.1 Å². The summed E-state index contributed by atoms with van der Waals surface area (Å²) >= 11 is 0. The largest absolute Gasteiger partial charge is 0.452 e. The summed E-state index contributed by atoms with van der Waals surface area (Å²) in [6, 6.07) is 14.7. The average Bonchev–Trinajstić information content (AvgIpc) is 3.16. The quantitative estimate of drug-likeness (QED) is 0.607. The number of amides is 1. The zero-order valence-corrected chi connectivity index (χ0v) is 18.0. The Hall–Kier alpha value is -4.04. The van der Waals surface area contributed by atoms with Crippen LogP contribution in [0.5, 0.6) is 5.75 Å². The monoisotopic (exact) mass is 441 g/mol. The molecule has 3 aromatic rings. The Balaban J connectivity index is 1.22. The number of hydrogen-bond acceptors (Lipinski definition) is 7. The molecule has 2 aromatic carbocycles. The molecule has 0 saturated carbocycles. The number of anilines is 1. The smallest absolute Gasteiger partial charge is 0.252 e. The lowest BCUT2D eigenvalue weighted by Crippen LogP contribution is -2.46. The van der Waals surface area contributed by atoms with Crippen LogP contribution in [0.15, 0.2) is 66.7 Å². The third kappa shape index (κ3) is 4.33. The normalized spacial score (nSPS) is 17.2. The van der Waals surface area contributed by atoms with Gasteiger partial charge in [0.25, 0.3) is 5.91 Å². The number of allylic oxidation sites excluding steroid dienone is 1. The second kappa shape index (κ2) is 8.84. The summed E-state index contributed by atoms with van der Waals surface area (Å²) in [5, 5.41) is 0. The van der Waals surface area contributed by atoms with Crippen LogP contribution in [0, 0.1) is 0 Å². The fraction of sp³-hybridized carbons (Fsp3) is 0.200. The highest BCUT2D eigenvalue weighted by atomic mass is 16.5. The maximum atomic E-state index is 12.7. The summed E-state index contributed by atoms with van der Waals surface area (Å²) in [5.74, 6) is 0.326. The number of carbonyl (C=O) groups excluding carboxylic acids is 2. The first-order valence-electron chi connectivity index (χ1n) is 10.8. The van der Waals surface area contributed by atoms with Crippen LogP contribution in [0.25, 0.3) is 6.08 Å². The number of hydrogen-bond donors (Lipinski definition) is 1. The highest BCUT2D eigenvalue weighted by molar-refractivity contribution is 6.16. The summed E-state index contributed by atoms with van der Waals surface area (Å²) in [4.78, 5) is 37.6. The first-order valence-corrected chi connectivity index (χ1v) is 10.8. The van der Waals surface area contributed by atoms with Crippen molar-refractivity contribution in [2.24, 2.45) is 5.73 Å². The Kier molecular flexibility index (Phi) is 5.58. The van der Waals surface area contributed by atoms with E-state index in [0.29, 0.717) is 5.56 Å². The van der Waals surface area contributed by atoms with Crippen LogP contribution < -0.4 is 15.4 Å². The number of primary amides is 1. The Labute approximate surface area is 191 Å². The Bertz CT molecular complexity index is 1220. The molecule has 1 amide bonds. The maximum absolute atomic E-state index is 12.7. The van der Waals surface area contributed by atoms with Gasteiger partial charge >= 0.3 is 0 Å². The molecule has 0 spiro atoms. The van der Waals surface area contributed by atoms with Crippen LogP contribution >= 0.6 is 0 Å². The van der Waals surface area contributed by atoms with Gasteiger partial charge in [0.15, 0.2) is 11.5 Å². The molecule has 0 bridgehead atoms. The predicted molar refractivity (Wildman–Crippen MR) is 124 cm³/mol. The Morgan fingerprint density at radius 2 is 1.73 bits per heavy atom. The second-order valence-electron chi connectivity index (χ2n) is 8.04. The van der Waals surface area contributed by atoms with Crippen molar-refractivity contribution in [1.29, 1.82) is 0 Å². The minimum atomic E-state index is -0.623. The van der Waals surface area contributed by atoms with E-state index in [4.69, 9.17) is 10.5 Å². The number of ketones is 1. The van der Waals surface area contributed by atoms with Crippen LogP contribution in [0.3, 0.4) is 0 Å². The van der Waals surface area contributed by atoms with E-state index in [9.17, 15) is 9.59 Å². The van der Waals surface area contributed by atoms with Crippen molar-refractivity contribution in [2.45, 2.75) is 6.54 Å². The maximum Gasteiger partial charge on any atom is 0.252 e. The van der Waals surface area contributed by atoms with Gasteiger partial charge in [0.05, 0.1) is 11.1 Å². The number of para-hydroxylation sites is 1. The van der Waals surface area contributed by atoms with Gasteiger partial charge in [-0.3, -0.25) is 14.5 Å². The molecule has 1 saturated heterocycles. The van der Waals surface area contributed by atoms with Gasteiger partial charge in [0.2, 0.25) is 11.7 Å². The zero-order valence-electron chi connectivity index (χ0n) is 18.0. The van der Waals surface area contributed by atoms with Gasteiger partial charge < -0.3 is 15.4 Å². The summed E-state index contributed by atoms with van der Waals surface area (Å²) in [5.41, 5.74) is 8.00. The average molecular weight is 441 g/mol. The highest BCUT2D eigenvalue weighted by Gasteiger charge is 2.30. The molecule has 2 aliphatic heterocycles. The van der Waals surface area contributed by atoms with Crippen molar-refractivity contribution in [1.82, 2.24) is 14.9 Å². The molecule has 166 valence electrons. The van der Waals surface area contributed by atoms with Gasteiger partial charge in [0.1, 0.15) is 0 Å². The molecule has 8 heteroatoms. The predicted octanol–water partition coefficient (Wildman–Crippen LogP) is 2.51. The SMILES string of the molecule is NC(=O)c1cccc2c1O/C(=C\c1ccc(CN3CCN(c4ncccn4)CC3)cc1)C2=O. The van der Waals surface area contributed by atoms with Crippen LogP contribution in [0.2, 0.25) is 0 Å².